The summed E-state index contributed by atoms with van der Waals surface area (Å²) in [5, 5.41) is 0. The first-order valence-corrected chi connectivity index (χ1v) is 7.12. The highest BCUT2D eigenvalue weighted by atomic mass is 19.1. The van der Waals surface area contributed by atoms with Crippen molar-refractivity contribution < 1.29 is 14.0 Å². The number of hydrogen-bond acceptors (Lipinski definition) is 4. The lowest BCUT2D eigenvalue weighted by Crippen LogP contribution is -2.51. The van der Waals surface area contributed by atoms with Crippen LogP contribution in [0.4, 0.5) is 10.1 Å². The fraction of sp³-hybridized carbons (Fsp3) is 0.467. The maximum absolute atomic E-state index is 13.8. The fourth-order valence-electron chi connectivity index (χ4n) is 2.92. The minimum Gasteiger partial charge on any atom is -0.304 e. The van der Waals surface area contributed by atoms with Crippen molar-refractivity contribution in [3.63, 3.8) is 0 Å². The Hall–Kier alpha value is -1.79. The smallest absolute Gasteiger partial charge is 0.251 e. The van der Waals surface area contributed by atoms with Gasteiger partial charge in [-0.3, -0.25) is 14.5 Å². The average molecular weight is 291 g/mol. The number of halogens is 1. The summed E-state index contributed by atoms with van der Waals surface area (Å²) in [6, 6.07) is 5.45. The van der Waals surface area contributed by atoms with E-state index >= 15 is 0 Å². The number of rotatable bonds is 2. The second-order valence-electron chi connectivity index (χ2n) is 5.58. The highest BCUT2D eigenvalue weighted by Crippen LogP contribution is 2.28. The number of carbonyl (C=O) groups is 2. The zero-order valence-corrected chi connectivity index (χ0v) is 12.0. The van der Waals surface area contributed by atoms with Gasteiger partial charge in [-0.1, -0.05) is 12.1 Å². The van der Waals surface area contributed by atoms with E-state index in [-0.39, 0.29) is 23.9 Å². The molecule has 0 radical (unpaired) electrons. The maximum Gasteiger partial charge on any atom is 0.251 e. The van der Waals surface area contributed by atoms with Gasteiger partial charge in [0.2, 0.25) is 5.91 Å². The minimum absolute atomic E-state index is 0.0594. The van der Waals surface area contributed by atoms with Crippen molar-refractivity contribution in [1.82, 2.24) is 9.80 Å². The van der Waals surface area contributed by atoms with Crippen molar-refractivity contribution in [1.29, 1.82) is 0 Å². The second-order valence-corrected chi connectivity index (χ2v) is 5.58. The zero-order chi connectivity index (χ0) is 15.0. The number of carbonyl (C=O) groups excluding carboxylic acids is 2. The van der Waals surface area contributed by atoms with E-state index in [0.29, 0.717) is 0 Å². The molecule has 2 fully saturated rings. The van der Waals surface area contributed by atoms with Crippen LogP contribution in [0.1, 0.15) is 6.42 Å². The molecule has 1 atom stereocenters. The van der Waals surface area contributed by atoms with Crippen molar-refractivity contribution in [3.8, 4) is 0 Å². The van der Waals surface area contributed by atoms with E-state index in [1.807, 2.05) is 11.9 Å². The standard InChI is InChI=1S/C15H18FN3O2/c1-17-6-8-18(9-7-17)13-10-14(20)19(15(13)21)12-5-3-2-4-11(12)16/h2-5,13H,6-10H2,1H3/t13-/m0/s1. The molecule has 3 rings (SSSR count). The van der Waals surface area contributed by atoms with Crippen LogP contribution in [0, 0.1) is 5.82 Å². The summed E-state index contributed by atoms with van der Waals surface area (Å²) in [6.45, 7) is 3.26. The summed E-state index contributed by atoms with van der Waals surface area (Å²) < 4.78 is 13.8. The molecule has 2 aliphatic heterocycles. The van der Waals surface area contributed by atoms with Gasteiger partial charge in [-0.25, -0.2) is 9.29 Å². The Kier molecular flexibility index (Phi) is 3.73. The number of piperazine rings is 1. The van der Waals surface area contributed by atoms with Gasteiger partial charge in [-0.15, -0.1) is 0 Å². The SMILES string of the molecule is CN1CCN([C@H]2CC(=O)N(c3ccccc3F)C2=O)CC1. The number of likely N-dealkylation sites (N-methyl/N-ethyl adjacent to an activating group) is 1. The Morgan fingerprint density at radius 2 is 1.76 bits per heavy atom. The molecular weight excluding hydrogens is 273 g/mol. The number of nitrogens with zero attached hydrogens (tertiary/aromatic N) is 3. The van der Waals surface area contributed by atoms with Crippen LogP contribution in [0.3, 0.4) is 0 Å². The van der Waals surface area contributed by atoms with Crippen molar-refractivity contribution in [3.05, 3.63) is 30.1 Å². The van der Waals surface area contributed by atoms with Gasteiger partial charge < -0.3 is 4.90 Å². The third-order valence-corrected chi connectivity index (χ3v) is 4.19. The third kappa shape index (κ3) is 2.56. The Morgan fingerprint density at radius 1 is 1.10 bits per heavy atom. The summed E-state index contributed by atoms with van der Waals surface area (Å²) >= 11 is 0. The Morgan fingerprint density at radius 3 is 2.43 bits per heavy atom. The second kappa shape index (κ2) is 5.54. The van der Waals surface area contributed by atoms with Gasteiger partial charge in [-0.05, 0) is 19.2 Å². The number of anilines is 1. The number of imide groups is 1. The van der Waals surface area contributed by atoms with Crippen LogP contribution in [0.25, 0.3) is 0 Å². The van der Waals surface area contributed by atoms with Gasteiger partial charge in [0.25, 0.3) is 5.91 Å². The minimum atomic E-state index is -0.543. The molecule has 0 bridgehead atoms. The van der Waals surface area contributed by atoms with Crippen LogP contribution >= 0.6 is 0 Å². The zero-order valence-electron chi connectivity index (χ0n) is 12.0. The topological polar surface area (TPSA) is 43.9 Å². The molecule has 0 spiro atoms. The molecule has 0 N–H and O–H groups in total. The van der Waals surface area contributed by atoms with E-state index < -0.39 is 11.9 Å². The van der Waals surface area contributed by atoms with Crippen molar-refractivity contribution >= 4 is 17.5 Å². The number of amides is 2. The van der Waals surface area contributed by atoms with E-state index in [0.717, 1.165) is 31.1 Å². The molecule has 5 nitrogen and oxygen atoms in total. The maximum atomic E-state index is 13.8. The molecule has 0 aromatic heterocycles. The first-order valence-electron chi connectivity index (χ1n) is 7.12. The molecule has 21 heavy (non-hydrogen) atoms. The van der Waals surface area contributed by atoms with Crippen LogP contribution < -0.4 is 4.90 Å². The van der Waals surface area contributed by atoms with Gasteiger partial charge in [0.05, 0.1) is 18.2 Å². The molecule has 2 aliphatic rings. The highest BCUT2D eigenvalue weighted by Gasteiger charge is 2.43. The monoisotopic (exact) mass is 291 g/mol. The average Bonchev–Trinajstić information content (AvgIpc) is 2.76. The van der Waals surface area contributed by atoms with E-state index in [1.165, 1.54) is 12.1 Å². The van der Waals surface area contributed by atoms with Crippen LogP contribution in [0.15, 0.2) is 24.3 Å². The third-order valence-electron chi connectivity index (χ3n) is 4.19. The molecule has 0 unspecified atom stereocenters. The van der Waals surface area contributed by atoms with Crippen molar-refractivity contribution in [2.45, 2.75) is 12.5 Å². The van der Waals surface area contributed by atoms with E-state index in [9.17, 15) is 14.0 Å². The summed E-state index contributed by atoms with van der Waals surface area (Å²) in [4.78, 5) is 29.9. The number of para-hydroxylation sites is 1. The lowest BCUT2D eigenvalue weighted by molar-refractivity contribution is -0.123. The Bertz CT molecular complexity index is 570. The Balaban J connectivity index is 1.81. The van der Waals surface area contributed by atoms with Gasteiger partial charge >= 0.3 is 0 Å². The summed E-state index contributed by atoms with van der Waals surface area (Å²) in [7, 11) is 2.03. The van der Waals surface area contributed by atoms with Crippen LogP contribution in [-0.2, 0) is 9.59 Å². The highest BCUT2D eigenvalue weighted by molar-refractivity contribution is 6.22. The van der Waals surface area contributed by atoms with Crippen molar-refractivity contribution in [2.75, 3.05) is 38.1 Å². The predicted octanol–water partition coefficient (Wildman–Crippen LogP) is 0.705. The summed E-state index contributed by atoms with van der Waals surface area (Å²) in [5.74, 6) is -1.18. The molecular formula is C15H18FN3O2. The first kappa shape index (κ1) is 14.2. The first-order chi connectivity index (χ1) is 10.1. The van der Waals surface area contributed by atoms with Gasteiger partial charge in [-0.2, -0.15) is 0 Å². The molecule has 2 saturated heterocycles. The van der Waals surface area contributed by atoms with E-state index in [2.05, 4.69) is 4.90 Å². The van der Waals surface area contributed by atoms with Crippen LogP contribution in [-0.4, -0.2) is 60.9 Å². The largest absolute Gasteiger partial charge is 0.304 e. The summed E-state index contributed by atoms with van der Waals surface area (Å²) in [5.41, 5.74) is 0.0594. The number of hydrogen-bond donors (Lipinski definition) is 0. The fourth-order valence-corrected chi connectivity index (χ4v) is 2.92. The van der Waals surface area contributed by atoms with Crippen molar-refractivity contribution in [2.24, 2.45) is 0 Å². The van der Waals surface area contributed by atoms with E-state index in [1.54, 1.807) is 12.1 Å². The predicted molar refractivity (Wildman–Crippen MR) is 76.4 cm³/mol. The Labute approximate surface area is 122 Å². The van der Waals surface area contributed by atoms with Gasteiger partial charge in [0.1, 0.15) is 5.82 Å². The quantitative estimate of drug-likeness (QED) is 0.753. The van der Waals surface area contributed by atoms with Gasteiger partial charge in [0.15, 0.2) is 0 Å². The van der Waals surface area contributed by atoms with Gasteiger partial charge in [0, 0.05) is 26.2 Å². The molecule has 0 saturated carbocycles. The molecule has 0 aliphatic carbocycles. The molecule has 2 amide bonds. The molecule has 1 aromatic rings. The van der Waals surface area contributed by atoms with E-state index in [4.69, 9.17) is 0 Å². The molecule has 6 heteroatoms. The summed E-state index contributed by atoms with van der Waals surface area (Å²) in [6.07, 6.45) is 0.136. The lowest BCUT2D eigenvalue weighted by Gasteiger charge is -2.35. The van der Waals surface area contributed by atoms with Crippen LogP contribution in [0.5, 0.6) is 0 Å². The molecule has 112 valence electrons. The van der Waals surface area contributed by atoms with Crippen LogP contribution in [0.2, 0.25) is 0 Å². The molecule has 2 heterocycles. The number of benzene rings is 1. The molecule has 1 aromatic carbocycles. The lowest BCUT2D eigenvalue weighted by atomic mass is 10.2. The normalized spacial score (nSPS) is 24.9.